The minimum Gasteiger partial charge on any atom is -0.480 e. The molecule has 0 heterocycles. The zero-order valence-electron chi connectivity index (χ0n) is 11.4. The molecule has 7 heteroatoms. The molecule has 20 heavy (non-hydrogen) atoms. The Labute approximate surface area is 118 Å². The van der Waals surface area contributed by atoms with Crippen LogP contribution < -0.4 is 5.32 Å². The van der Waals surface area contributed by atoms with E-state index in [1.165, 1.54) is 0 Å². The molecular formula is C13H20NO5P. The number of nitrogens with one attached hydrogen (secondary N) is 1. The smallest absolute Gasteiger partial charge is 0.346 e. The molecule has 1 aromatic carbocycles. The first-order valence-corrected chi connectivity index (χ1v) is 7.99. The molecule has 1 aromatic rings. The molecule has 0 radical (unpaired) electrons. The lowest BCUT2D eigenvalue weighted by molar-refractivity contribution is -0.140. The fourth-order valence-corrected chi connectivity index (χ4v) is 2.86. The van der Waals surface area contributed by atoms with Crippen LogP contribution in [0.25, 0.3) is 0 Å². The molecule has 0 aromatic heterocycles. The first kappa shape index (κ1) is 16.9. The van der Waals surface area contributed by atoms with E-state index >= 15 is 0 Å². The molecule has 0 aliphatic carbocycles. The van der Waals surface area contributed by atoms with Gasteiger partial charge in [0.25, 0.3) is 0 Å². The Bertz CT molecular complexity index is 485. The fourth-order valence-electron chi connectivity index (χ4n) is 1.92. The Morgan fingerprint density at radius 3 is 2.20 bits per heavy atom. The average Bonchev–Trinajstić information content (AvgIpc) is 2.33. The molecule has 112 valence electrons. The quantitative estimate of drug-likeness (QED) is 0.573. The van der Waals surface area contributed by atoms with E-state index in [4.69, 9.17) is 5.11 Å². The average molecular weight is 301 g/mol. The predicted octanol–water partition coefficient (Wildman–Crippen LogP) is 1.95. The first-order valence-electron chi connectivity index (χ1n) is 6.31. The largest absolute Gasteiger partial charge is 0.480 e. The monoisotopic (exact) mass is 301 g/mol. The highest BCUT2D eigenvalue weighted by Crippen LogP contribution is 2.50. The summed E-state index contributed by atoms with van der Waals surface area (Å²) in [6.07, 6.45) is 0.290. The van der Waals surface area contributed by atoms with Gasteiger partial charge in [0.1, 0.15) is 11.8 Å². The lowest BCUT2D eigenvalue weighted by Crippen LogP contribution is -2.40. The van der Waals surface area contributed by atoms with Gasteiger partial charge in [0.05, 0.1) is 0 Å². The molecule has 4 N–H and O–H groups in total. The van der Waals surface area contributed by atoms with Gasteiger partial charge in [-0.3, -0.25) is 14.7 Å². The molecule has 0 bridgehead atoms. The summed E-state index contributed by atoms with van der Waals surface area (Å²) >= 11 is 0. The molecular weight excluding hydrogens is 281 g/mol. The van der Waals surface area contributed by atoms with Crippen molar-refractivity contribution in [3.05, 3.63) is 35.9 Å². The van der Waals surface area contributed by atoms with Gasteiger partial charge in [-0.05, 0) is 17.9 Å². The van der Waals surface area contributed by atoms with Crippen LogP contribution in [0.3, 0.4) is 0 Å². The van der Waals surface area contributed by atoms with E-state index in [1.54, 1.807) is 30.3 Å². The summed E-state index contributed by atoms with van der Waals surface area (Å²) in [7, 11) is -4.51. The summed E-state index contributed by atoms with van der Waals surface area (Å²) in [5, 5.41) is 11.7. The number of rotatable bonds is 7. The van der Waals surface area contributed by atoms with Crippen molar-refractivity contribution in [3.8, 4) is 0 Å². The van der Waals surface area contributed by atoms with Gasteiger partial charge in [0.2, 0.25) is 0 Å². The normalized spacial score (nSPS) is 15.1. The van der Waals surface area contributed by atoms with Crippen LogP contribution in [-0.4, -0.2) is 26.9 Å². The molecule has 1 rings (SSSR count). The highest BCUT2D eigenvalue weighted by atomic mass is 31.2. The third-order valence-electron chi connectivity index (χ3n) is 2.82. The highest BCUT2D eigenvalue weighted by Gasteiger charge is 2.34. The molecule has 0 aliphatic heterocycles. The summed E-state index contributed by atoms with van der Waals surface area (Å²) in [6, 6.07) is 7.14. The number of carbonyl (C=O) groups is 1. The van der Waals surface area contributed by atoms with Crippen molar-refractivity contribution in [3.63, 3.8) is 0 Å². The molecule has 2 atom stereocenters. The maximum atomic E-state index is 11.6. The van der Waals surface area contributed by atoms with Crippen molar-refractivity contribution in [2.45, 2.75) is 32.1 Å². The van der Waals surface area contributed by atoms with Crippen LogP contribution in [0.2, 0.25) is 0 Å². The fraction of sp³-hybridized carbons (Fsp3) is 0.462. The molecule has 0 saturated carbocycles. The minimum absolute atomic E-state index is 0.0943. The minimum atomic E-state index is -4.51. The van der Waals surface area contributed by atoms with Crippen LogP contribution in [0.1, 0.15) is 31.6 Å². The zero-order chi connectivity index (χ0) is 15.3. The van der Waals surface area contributed by atoms with E-state index in [1.807, 2.05) is 13.8 Å². The molecule has 0 spiro atoms. The molecule has 6 nitrogen and oxygen atoms in total. The van der Waals surface area contributed by atoms with Crippen molar-refractivity contribution in [2.24, 2.45) is 5.92 Å². The maximum Gasteiger partial charge on any atom is 0.346 e. The van der Waals surface area contributed by atoms with Gasteiger partial charge in [-0.1, -0.05) is 44.2 Å². The summed E-state index contributed by atoms with van der Waals surface area (Å²) in [4.78, 5) is 30.1. The first-order chi connectivity index (χ1) is 9.21. The Balaban J connectivity index is 3.01. The Hall–Kier alpha value is -1.20. The van der Waals surface area contributed by atoms with Crippen LogP contribution in [0.5, 0.6) is 0 Å². The van der Waals surface area contributed by atoms with Crippen LogP contribution in [0.15, 0.2) is 30.3 Å². The number of hydrogen-bond donors (Lipinski definition) is 4. The van der Waals surface area contributed by atoms with Crippen LogP contribution in [0.4, 0.5) is 0 Å². The topological polar surface area (TPSA) is 107 Å². The Morgan fingerprint density at radius 1 is 1.25 bits per heavy atom. The third kappa shape index (κ3) is 5.06. The Morgan fingerprint density at radius 2 is 1.80 bits per heavy atom. The second kappa shape index (κ2) is 6.99. The zero-order valence-corrected chi connectivity index (χ0v) is 12.3. The number of carboxylic acids is 1. The van der Waals surface area contributed by atoms with E-state index in [9.17, 15) is 19.1 Å². The molecule has 0 amide bonds. The molecule has 0 fully saturated rings. The van der Waals surface area contributed by atoms with Crippen molar-refractivity contribution >= 4 is 13.6 Å². The summed E-state index contributed by atoms with van der Waals surface area (Å²) < 4.78 is 11.6. The van der Waals surface area contributed by atoms with E-state index < -0.39 is 25.4 Å². The second-order valence-corrected chi connectivity index (χ2v) is 6.78. The van der Waals surface area contributed by atoms with Gasteiger partial charge < -0.3 is 14.9 Å². The van der Waals surface area contributed by atoms with E-state index in [0.717, 1.165) is 0 Å². The molecule has 0 unspecified atom stereocenters. The van der Waals surface area contributed by atoms with E-state index in [0.29, 0.717) is 12.0 Å². The third-order valence-corrected chi connectivity index (χ3v) is 3.94. The van der Waals surface area contributed by atoms with Crippen LogP contribution in [0, 0.1) is 5.92 Å². The summed E-state index contributed by atoms with van der Waals surface area (Å²) in [5.74, 6) is -2.34. The standard InChI is InChI=1S/C13H20NO5P/c1-9(2)8-11(13(15)16)14-12(20(17,18)19)10-6-4-3-5-7-10/h3-7,9,11-12,14H,8H2,1-2H3,(H,15,16)(H2,17,18,19)/t11-,12+/m1/s1. The number of hydrogen-bond acceptors (Lipinski definition) is 3. The Kier molecular flexibility index (Phi) is 5.89. The number of benzene rings is 1. The van der Waals surface area contributed by atoms with Gasteiger partial charge in [-0.2, -0.15) is 0 Å². The number of aliphatic carboxylic acids is 1. The van der Waals surface area contributed by atoms with Crippen molar-refractivity contribution < 1.29 is 24.3 Å². The number of carboxylic acid groups (broad SMARTS) is 1. The van der Waals surface area contributed by atoms with Crippen molar-refractivity contribution in [1.29, 1.82) is 0 Å². The van der Waals surface area contributed by atoms with Gasteiger partial charge in [0, 0.05) is 0 Å². The summed E-state index contributed by atoms with van der Waals surface area (Å²) in [6.45, 7) is 3.71. The highest BCUT2D eigenvalue weighted by molar-refractivity contribution is 7.52. The second-order valence-electron chi connectivity index (χ2n) is 5.09. The van der Waals surface area contributed by atoms with Gasteiger partial charge in [0.15, 0.2) is 0 Å². The lowest BCUT2D eigenvalue weighted by atomic mass is 10.0. The van der Waals surface area contributed by atoms with Gasteiger partial charge in [-0.15, -0.1) is 0 Å². The lowest BCUT2D eigenvalue weighted by Gasteiger charge is -2.25. The SMILES string of the molecule is CC(C)C[C@@H](N[C@H](c1ccccc1)P(=O)(O)O)C(=O)O. The van der Waals surface area contributed by atoms with Crippen LogP contribution in [-0.2, 0) is 9.36 Å². The maximum absolute atomic E-state index is 11.6. The predicted molar refractivity (Wildman–Crippen MR) is 75.2 cm³/mol. The van der Waals surface area contributed by atoms with Gasteiger partial charge in [-0.25, -0.2) is 0 Å². The summed E-state index contributed by atoms with van der Waals surface area (Å²) in [5.41, 5.74) is 0.371. The van der Waals surface area contributed by atoms with Crippen molar-refractivity contribution in [2.75, 3.05) is 0 Å². The molecule has 0 saturated heterocycles. The van der Waals surface area contributed by atoms with Crippen LogP contribution >= 0.6 is 7.60 Å². The van der Waals surface area contributed by atoms with E-state index in [2.05, 4.69) is 5.32 Å². The van der Waals surface area contributed by atoms with Crippen molar-refractivity contribution in [1.82, 2.24) is 5.32 Å². The van der Waals surface area contributed by atoms with E-state index in [-0.39, 0.29) is 5.92 Å². The molecule has 0 aliphatic rings. The van der Waals surface area contributed by atoms with Gasteiger partial charge >= 0.3 is 13.6 Å².